The first-order valence-corrected chi connectivity index (χ1v) is 10.0. The number of amides is 1. The molecule has 3 rings (SSSR count). The molecule has 2 aromatic carbocycles. The summed E-state index contributed by atoms with van der Waals surface area (Å²) in [6, 6.07) is 13.8. The molecular formula is C23H29FN2O3. The van der Waals surface area contributed by atoms with E-state index in [0.717, 1.165) is 11.3 Å². The third-order valence-electron chi connectivity index (χ3n) is 5.42. The lowest BCUT2D eigenvalue weighted by Gasteiger charge is -2.42. The second-order valence-electron chi connectivity index (χ2n) is 7.88. The molecule has 6 heteroatoms. The van der Waals surface area contributed by atoms with Crippen LogP contribution in [0.1, 0.15) is 25.8 Å². The Morgan fingerprint density at radius 2 is 2.07 bits per heavy atom. The van der Waals surface area contributed by atoms with Gasteiger partial charge in [-0.15, -0.1) is 0 Å². The minimum Gasteiger partial charge on any atom is -0.486 e. The number of benzene rings is 2. The summed E-state index contributed by atoms with van der Waals surface area (Å²) in [6.45, 7) is 7.48. The lowest BCUT2D eigenvalue weighted by Crippen LogP contribution is -2.58. The van der Waals surface area contributed by atoms with Gasteiger partial charge in [0.05, 0.1) is 6.54 Å². The van der Waals surface area contributed by atoms with Gasteiger partial charge in [-0.2, -0.15) is 0 Å². The van der Waals surface area contributed by atoms with E-state index in [4.69, 9.17) is 4.74 Å². The summed E-state index contributed by atoms with van der Waals surface area (Å²) in [5.74, 6) is -0.00993. The highest BCUT2D eigenvalue weighted by Crippen LogP contribution is 2.27. The van der Waals surface area contributed by atoms with Gasteiger partial charge in [0.25, 0.3) is 0 Å². The first-order valence-electron chi connectivity index (χ1n) is 10.0. The Balaban J connectivity index is 1.68. The quantitative estimate of drug-likeness (QED) is 0.808. The van der Waals surface area contributed by atoms with E-state index in [-0.39, 0.29) is 18.3 Å². The molecule has 1 aliphatic rings. The van der Waals surface area contributed by atoms with Gasteiger partial charge in [-0.3, -0.25) is 9.69 Å². The SMILES string of the molecule is CCN(C(=O)CN1CC[C@](C)(O)[C@@H](Oc2cccc(F)c2)C1)c1cccc(C)c1. The molecule has 2 aromatic rings. The molecule has 0 bridgehead atoms. The predicted molar refractivity (Wildman–Crippen MR) is 112 cm³/mol. The number of carbonyl (C=O) groups is 1. The zero-order valence-electron chi connectivity index (χ0n) is 17.3. The maximum absolute atomic E-state index is 13.5. The van der Waals surface area contributed by atoms with Crippen molar-refractivity contribution in [3.05, 3.63) is 59.9 Å². The van der Waals surface area contributed by atoms with Gasteiger partial charge in [0.1, 0.15) is 23.3 Å². The largest absolute Gasteiger partial charge is 0.486 e. The van der Waals surface area contributed by atoms with Crippen molar-refractivity contribution in [1.29, 1.82) is 0 Å². The Kier molecular flexibility index (Phi) is 6.55. The number of carbonyl (C=O) groups excluding carboxylic acids is 1. The zero-order chi connectivity index (χ0) is 21.0. The van der Waals surface area contributed by atoms with Crippen molar-refractivity contribution < 1.29 is 19.0 Å². The fraction of sp³-hybridized carbons (Fsp3) is 0.435. The summed E-state index contributed by atoms with van der Waals surface area (Å²) >= 11 is 0. The lowest BCUT2D eigenvalue weighted by molar-refractivity contribution is -0.125. The highest BCUT2D eigenvalue weighted by Gasteiger charge is 2.40. The molecule has 0 spiro atoms. The average molecular weight is 400 g/mol. The Morgan fingerprint density at radius 1 is 1.31 bits per heavy atom. The van der Waals surface area contributed by atoms with Crippen molar-refractivity contribution in [2.24, 2.45) is 0 Å². The Bertz CT molecular complexity index is 856. The zero-order valence-corrected chi connectivity index (χ0v) is 17.3. The van der Waals surface area contributed by atoms with Crippen molar-refractivity contribution in [3.8, 4) is 5.75 Å². The molecule has 0 aromatic heterocycles. The number of likely N-dealkylation sites (N-methyl/N-ethyl adjacent to an activating group) is 1. The first kappa shape index (κ1) is 21.3. The molecule has 1 saturated heterocycles. The van der Waals surface area contributed by atoms with Gasteiger partial charge in [0, 0.05) is 31.4 Å². The maximum atomic E-state index is 13.5. The van der Waals surface area contributed by atoms with Gasteiger partial charge >= 0.3 is 0 Å². The van der Waals surface area contributed by atoms with E-state index < -0.39 is 11.7 Å². The summed E-state index contributed by atoms with van der Waals surface area (Å²) in [6.07, 6.45) is -0.0866. The smallest absolute Gasteiger partial charge is 0.241 e. The molecule has 1 heterocycles. The molecule has 156 valence electrons. The van der Waals surface area contributed by atoms with E-state index in [1.807, 2.05) is 43.0 Å². The van der Waals surface area contributed by atoms with E-state index in [1.165, 1.54) is 12.1 Å². The van der Waals surface area contributed by atoms with E-state index >= 15 is 0 Å². The van der Waals surface area contributed by atoms with Crippen molar-refractivity contribution in [1.82, 2.24) is 4.90 Å². The highest BCUT2D eigenvalue weighted by atomic mass is 19.1. The van der Waals surface area contributed by atoms with Crippen LogP contribution in [-0.2, 0) is 4.79 Å². The van der Waals surface area contributed by atoms with Gasteiger partial charge in [-0.05, 0) is 57.0 Å². The van der Waals surface area contributed by atoms with Crippen LogP contribution in [0.3, 0.4) is 0 Å². The van der Waals surface area contributed by atoms with E-state index in [1.54, 1.807) is 24.0 Å². The molecule has 0 radical (unpaired) electrons. The van der Waals surface area contributed by atoms with Crippen LogP contribution in [0, 0.1) is 12.7 Å². The van der Waals surface area contributed by atoms with Crippen molar-refractivity contribution >= 4 is 11.6 Å². The second-order valence-corrected chi connectivity index (χ2v) is 7.88. The van der Waals surface area contributed by atoms with E-state index in [0.29, 0.717) is 31.8 Å². The fourth-order valence-electron chi connectivity index (χ4n) is 3.66. The molecular weight excluding hydrogens is 371 g/mol. The standard InChI is InChI=1S/C23H29FN2O3/c1-4-26(19-9-5-7-17(2)13-19)22(27)16-25-12-11-23(3,28)21(15-25)29-20-10-6-8-18(24)14-20/h5-10,13-14,21,28H,4,11-12,15-16H2,1-3H3/t21-,23-/m0/s1. The van der Waals surface area contributed by atoms with E-state index in [9.17, 15) is 14.3 Å². The van der Waals surface area contributed by atoms with Gasteiger partial charge in [-0.25, -0.2) is 4.39 Å². The lowest BCUT2D eigenvalue weighted by atomic mass is 9.90. The molecule has 1 fully saturated rings. The normalized spacial score (nSPS) is 22.3. The van der Waals surface area contributed by atoms with Crippen molar-refractivity contribution in [2.75, 3.05) is 31.1 Å². The van der Waals surface area contributed by atoms with Crippen LogP contribution in [-0.4, -0.2) is 53.8 Å². The fourth-order valence-corrected chi connectivity index (χ4v) is 3.66. The molecule has 0 aliphatic carbocycles. The number of rotatable bonds is 6. The number of likely N-dealkylation sites (tertiary alicyclic amines) is 1. The molecule has 0 saturated carbocycles. The van der Waals surface area contributed by atoms with Crippen LogP contribution in [0.15, 0.2) is 48.5 Å². The molecule has 2 atom stereocenters. The summed E-state index contributed by atoms with van der Waals surface area (Å²) in [5.41, 5.74) is 0.938. The maximum Gasteiger partial charge on any atom is 0.241 e. The van der Waals surface area contributed by atoms with Gasteiger partial charge < -0.3 is 14.7 Å². The number of nitrogens with zero attached hydrogens (tertiary/aromatic N) is 2. The van der Waals surface area contributed by atoms with Crippen LogP contribution in [0.2, 0.25) is 0 Å². The predicted octanol–water partition coefficient (Wildman–Crippen LogP) is 3.39. The number of halogens is 1. The molecule has 5 nitrogen and oxygen atoms in total. The number of ether oxygens (including phenoxy) is 1. The van der Waals surface area contributed by atoms with E-state index in [2.05, 4.69) is 0 Å². The average Bonchev–Trinajstić information content (AvgIpc) is 2.65. The monoisotopic (exact) mass is 400 g/mol. The summed E-state index contributed by atoms with van der Waals surface area (Å²) in [4.78, 5) is 16.7. The molecule has 29 heavy (non-hydrogen) atoms. The molecule has 0 unspecified atom stereocenters. The summed E-state index contributed by atoms with van der Waals surface area (Å²) in [5, 5.41) is 10.7. The third-order valence-corrected chi connectivity index (χ3v) is 5.42. The molecule has 1 aliphatic heterocycles. The first-order chi connectivity index (χ1) is 13.8. The Hall–Kier alpha value is -2.44. The minimum absolute atomic E-state index is 0.00384. The van der Waals surface area contributed by atoms with Crippen molar-refractivity contribution in [3.63, 3.8) is 0 Å². The van der Waals surface area contributed by atoms with Crippen LogP contribution in [0.25, 0.3) is 0 Å². The van der Waals surface area contributed by atoms with Crippen LogP contribution in [0.5, 0.6) is 5.75 Å². The third kappa shape index (κ3) is 5.34. The van der Waals surface area contributed by atoms with Crippen LogP contribution < -0.4 is 9.64 Å². The number of aryl methyl sites for hydroxylation is 1. The van der Waals surface area contributed by atoms with Gasteiger partial charge in [-0.1, -0.05) is 18.2 Å². The summed E-state index contributed by atoms with van der Waals surface area (Å²) in [7, 11) is 0. The molecule has 1 N–H and O–H groups in total. The van der Waals surface area contributed by atoms with Crippen LogP contribution in [0.4, 0.5) is 10.1 Å². The number of anilines is 1. The Morgan fingerprint density at radius 3 is 2.76 bits per heavy atom. The molecule has 1 amide bonds. The highest BCUT2D eigenvalue weighted by molar-refractivity contribution is 5.94. The number of piperidine rings is 1. The number of hydrogen-bond acceptors (Lipinski definition) is 4. The number of aliphatic hydroxyl groups is 1. The summed E-state index contributed by atoms with van der Waals surface area (Å²) < 4.78 is 19.4. The number of hydrogen-bond donors (Lipinski definition) is 1. The van der Waals surface area contributed by atoms with Gasteiger partial charge in [0.15, 0.2) is 0 Å². The second kappa shape index (κ2) is 8.93. The topological polar surface area (TPSA) is 53.0 Å². The van der Waals surface area contributed by atoms with Crippen LogP contribution >= 0.6 is 0 Å². The minimum atomic E-state index is -1.05. The van der Waals surface area contributed by atoms with Gasteiger partial charge in [0.2, 0.25) is 5.91 Å². The van der Waals surface area contributed by atoms with Crippen molar-refractivity contribution in [2.45, 2.75) is 38.9 Å². The Labute approximate surface area is 171 Å².